The third kappa shape index (κ3) is 1.98. The number of benzene rings is 1. The van der Waals surface area contributed by atoms with Crippen molar-refractivity contribution in [3.8, 4) is 5.75 Å². The molecule has 0 radical (unpaired) electrons. The minimum absolute atomic E-state index is 0.0971. The average molecular weight is 205 g/mol. The van der Waals surface area contributed by atoms with Crippen molar-refractivity contribution in [1.82, 2.24) is 0 Å². The molecule has 0 heterocycles. The Balaban J connectivity index is 3.28. The monoisotopic (exact) mass is 205 g/mol. The predicted molar refractivity (Wildman–Crippen MR) is 45.7 cm³/mol. The van der Waals surface area contributed by atoms with Crippen molar-refractivity contribution in [2.45, 2.75) is 19.1 Å². The van der Waals surface area contributed by atoms with Crippen molar-refractivity contribution in [3.63, 3.8) is 0 Å². The van der Waals surface area contributed by atoms with Crippen LogP contribution >= 0.6 is 0 Å². The predicted octanol–water partition coefficient (Wildman–Crippen LogP) is 2.43. The van der Waals surface area contributed by atoms with Gasteiger partial charge in [-0.15, -0.1) is 0 Å². The van der Waals surface area contributed by atoms with E-state index in [-0.39, 0.29) is 5.56 Å². The lowest BCUT2D eigenvalue weighted by molar-refractivity contribution is -0.138. The summed E-state index contributed by atoms with van der Waals surface area (Å²) in [5.74, 6) is -0.782. The molecule has 1 rings (SSSR count). The number of alkyl halides is 3. The molecule has 78 valence electrons. The summed E-state index contributed by atoms with van der Waals surface area (Å²) in [5, 5.41) is 9.29. The van der Waals surface area contributed by atoms with E-state index in [0.29, 0.717) is 0 Å². The molecular weight excluding hydrogens is 195 g/mol. The molecule has 0 saturated heterocycles. The summed E-state index contributed by atoms with van der Waals surface area (Å²) in [5.41, 5.74) is 4.45. The van der Waals surface area contributed by atoms with Crippen molar-refractivity contribution in [3.05, 3.63) is 29.3 Å². The molecule has 1 atom stereocenters. The van der Waals surface area contributed by atoms with Crippen LogP contribution in [0.2, 0.25) is 0 Å². The lowest BCUT2D eigenvalue weighted by atomic mass is 10.0. The van der Waals surface area contributed by atoms with Crippen molar-refractivity contribution < 1.29 is 18.3 Å². The van der Waals surface area contributed by atoms with E-state index in [9.17, 15) is 18.3 Å². The molecule has 1 unspecified atom stereocenters. The molecular formula is C9H10F3NO. The molecule has 0 aromatic heterocycles. The van der Waals surface area contributed by atoms with Crippen LogP contribution in [0, 0.1) is 0 Å². The molecule has 0 fully saturated rings. The maximum Gasteiger partial charge on any atom is 0.419 e. The number of phenols is 1. The van der Waals surface area contributed by atoms with Crippen LogP contribution in [0.1, 0.15) is 24.1 Å². The number of rotatable bonds is 1. The van der Waals surface area contributed by atoms with Gasteiger partial charge in [0.05, 0.1) is 5.56 Å². The van der Waals surface area contributed by atoms with E-state index >= 15 is 0 Å². The van der Waals surface area contributed by atoms with Crippen molar-refractivity contribution in [2.24, 2.45) is 5.73 Å². The van der Waals surface area contributed by atoms with Crippen LogP contribution in [0.4, 0.5) is 13.2 Å². The van der Waals surface area contributed by atoms with Crippen molar-refractivity contribution in [1.29, 1.82) is 0 Å². The molecule has 2 nitrogen and oxygen atoms in total. The van der Waals surface area contributed by atoms with Crippen LogP contribution in [0.25, 0.3) is 0 Å². The highest BCUT2D eigenvalue weighted by Crippen LogP contribution is 2.38. The summed E-state index contributed by atoms with van der Waals surface area (Å²) in [4.78, 5) is 0. The second kappa shape index (κ2) is 3.49. The van der Waals surface area contributed by atoms with Gasteiger partial charge >= 0.3 is 6.18 Å². The van der Waals surface area contributed by atoms with Crippen molar-refractivity contribution >= 4 is 0 Å². The van der Waals surface area contributed by atoms with Crippen molar-refractivity contribution in [2.75, 3.05) is 0 Å². The van der Waals surface area contributed by atoms with E-state index < -0.39 is 23.5 Å². The normalized spacial score (nSPS) is 14.1. The van der Waals surface area contributed by atoms with Gasteiger partial charge in [-0.05, 0) is 13.0 Å². The SMILES string of the molecule is CC(N)c1cccc(C(F)(F)F)c1O. The standard InChI is InChI=1S/C9H10F3NO/c1-5(13)6-3-2-4-7(8(6)14)9(10,11)12/h2-5,14H,13H2,1H3. The van der Waals surface area contributed by atoms with Crippen LogP contribution in [0.15, 0.2) is 18.2 Å². The first-order valence-corrected chi connectivity index (χ1v) is 3.98. The van der Waals surface area contributed by atoms with E-state index in [0.717, 1.165) is 6.07 Å². The van der Waals surface area contributed by atoms with Gasteiger partial charge in [-0.25, -0.2) is 0 Å². The maximum absolute atomic E-state index is 12.3. The first-order valence-electron chi connectivity index (χ1n) is 3.98. The second-order valence-electron chi connectivity index (χ2n) is 3.03. The zero-order chi connectivity index (χ0) is 10.9. The molecule has 0 spiro atoms. The lowest BCUT2D eigenvalue weighted by Crippen LogP contribution is -2.10. The summed E-state index contributed by atoms with van der Waals surface area (Å²) in [7, 11) is 0. The Morgan fingerprint density at radius 1 is 1.36 bits per heavy atom. The Morgan fingerprint density at radius 3 is 2.36 bits per heavy atom. The second-order valence-corrected chi connectivity index (χ2v) is 3.03. The quantitative estimate of drug-likeness (QED) is 0.739. The molecule has 1 aromatic rings. The van der Waals surface area contributed by atoms with Gasteiger partial charge in [0.1, 0.15) is 5.75 Å². The van der Waals surface area contributed by atoms with Crippen LogP contribution in [-0.2, 0) is 6.18 Å². The third-order valence-corrected chi connectivity index (χ3v) is 1.86. The number of para-hydroxylation sites is 1. The Morgan fingerprint density at radius 2 is 1.93 bits per heavy atom. The molecule has 0 aliphatic carbocycles. The smallest absolute Gasteiger partial charge is 0.419 e. The molecule has 0 amide bonds. The summed E-state index contributed by atoms with van der Waals surface area (Å²) in [6, 6.07) is 2.79. The third-order valence-electron chi connectivity index (χ3n) is 1.86. The molecule has 0 saturated carbocycles. The number of hydrogen-bond acceptors (Lipinski definition) is 2. The van der Waals surface area contributed by atoms with Gasteiger partial charge in [0.25, 0.3) is 0 Å². The van der Waals surface area contributed by atoms with Gasteiger partial charge in [-0.1, -0.05) is 12.1 Å². The molecule has 0 bridgehead atoms. The Kier molecular flexibility index (Phi) is 2.71. The minimum atomic E-state index is -4.55. The molecule has 14 heavy (non-hydrogen) atoms. The molecule has 0 aliphatic heterocycles. The van der Waals surface area contributed by atoms with Gasteiger partial charge < -0.3 is 10.8 Å². The first-order chi connectivity index (χ1) is 6.34. The van der Waals surface area contributed by atoms with Gasteiger partial charge in [0.15, 0.2) is 0 Å². The fourth-order valence-electron chi connectivity index (χ4n) is 1.16. The maximum atomic E-state index is 12.3. The number of halogens is 3. The van der Waals surface area contributed by atoms with Gasteiger partial charge in [-0.2, -0.15) is 13.2 Å². The van der Waals surface area contributed by atoms with E-state index in [4.69, 9.17) is 5.73 Å². The van der Waals surface area contributed by atoms with E-state index in [1.165, 1.54) is 19.1 Å². The zero-order valence-corrected chi connectivity index (χ0v) is 7.47. The lowest BCUT2D eigenvalue weighted by Gasteiger charge is -2.13. The number of phenolic OH excluding ortho intramolecular Hbond substituents is 1. The van der Waals surface area contributed by atoms with Gasteiger partial charge in [0, 0.05) is 11.6 Å². The highest BCUT2D eigenvalue weighted by atomic mass is 19.4. The van der Waals surface area contributed by atoms with Gasteiger partial charge in [-0.3, -0.25) is 0 Å². The molecule has 0 aliphatic rings. The number of nitrogens with two attached hydrogens (primary N) is 1. The highest BCUT2D eigenvalue weighted by molar-refractivity contribution is 5.43. The fraction of sp³-hybridized carbons (Fsp3) is 0.333. The topological polar surface area (TPSA) is 46.2 Å². The largest absolute Gasteiger partial charge is 0.507 e. The summed E-state index contributed by atoms with van der Waals surface area (Å²) < 4.78 is 36.9. The minimum Gasteiger partial charge on any atom is -0.507 e. The van der Waals surface area contributed by atoms with Crippen LogP contribution < -0.4 is 5.73 Å². The molecule has 1 aromatic carbocycles. The van der Waals surface area contributed by atoms with E-state index in [1.54, 1.807) is 0 Å². The van der Waals surface area contributed by atoms with Crippen LogP contribution in [0.3, 0.4) is 0 Å². The van der Waals surface area contributed by atoms with Gasteiger partial charge in [0.2, 0.25) is 0 Å². The van der Waals surface area contributed by atoms with E-state index in [1.807, 2.05) is 0 Å². The summed E-state index contributed by atoms with van der Waals surface area (Å²) >= 11 is 0. The fourth-order valence-corrected chi connectivity index (χ4v) is 1.16. The first kappa shape index (κ1) is 10.8. The van der Waals surface area contributed by atoms with Crippen LogP contribution in [0.5, 0.6) is 5.75 Å². The van der Waals surface area contributed by atoms with Crippen LogP contribution in [-0.4, -0.2) is 5.11 Å². The Bertz CT molecular complexity index is 333. The average Bonchev–Trinajstić information content (AvgIpc) is 2.01. The molecule has 5 heteroatoms. The Hall–Kier alpha value is -1.23. The number of hydrogen-bond donors (Lipinski definition) is 2. The number of aromatic hydroxyl groups is 1. The zero-order valence-electron chi connectivity index (χ0n) is 7.47. The van der Waals surface area contributed by atoms with E-state index in [2.05, 4.69) is 0 Å². The summed E-state index contributed by atoms with van der Waals surface area (Å²) in [6.07, 6.45) is -4.55. The molecule has 3 N–H and O–H groups in total. The summed E-state index contributed by atoms with van der Waals surface area (Å²) in [6.45, 7) is 1.51. The highest BCUT2D eigenvalue weighted by Gasteiger charge is 2.34. The Labute approximate surface area is 79.2 Å².